The number of rotatable bonds is 3. The number of sulfone groups is 1. The van der Waals surface area contributed by atoms with Gasteiger partial charge < -0.3 is 4.74 Å². The van der Waals surface area contributed by atoms with Gasteiger partial charge in [-0.3, -0.25) is 4.79 Å². The maximum Gasteiger partial charge on any atom is 0.298 e. The molecule has 0 bridgehead atoms. The standard InChI is InChI=1S/C9H7NO4S/c1-15(12,13)9-4-7(5-10)2-3-8(9)14-6-11/h2-4,6H,1H3. The van der Waals surface area contributed by atoms with Crippen LogP contribution >= 0.6 is 0 Å². The number of hydrogen-bond donors (Lipinski definition) is 0. The molecule has 0 aliphatic carbocycles. The summed E-state index contributed by atoms with van der Waals surface area (Å²) in [5.41, 5.74) is 0.189. The Morgan fingerprint density at radius 3 is 2.60 bits per heavy atom. The Balaban J connectivity index is 3.43. The Morgan fingerprint density at radius 1 is 1.47 bits per heavy atom. The molecule has 1 aromatic rings. The summed E-state index contributed by atoms with van der Waals surface area (Å²) in [6, 6.07) is 5.60. The van der Waals surface area contributed by atoms with Crippen molar-refractivity contribution >= 4 is 16.3 Å². The predicted octanol–water partition coefficient (Wildman–Crippen LogP) is 0.497. The molecule has 0 saturated carbocycles. The quantitative estimate of drug-likeness (QED) is 0.699. The summed E-state index contributed by atoms with van der Waals surface area (Å²) < 4.78 is 27.1. The van der Waals surface area contributed by atoms with Crippen LogP contribution < -0.4 is 4.74 Å². The van der Waals surface area contributed by atoms with E-state index in [-0.39, 0.29) is 22.7 Å². The molecule has 0 saturated heterocycles. The molecule has 0 unspecified atom stereocenters. The number of benzene rings is 1. The van der Waals surface area contributed by atoms with Crippen LogP contribution in [0, 0.1) is 11.3 Å². The second-order valence-electron chi connectivity index (χ2n) is 2.76. The van der Waals surface area contributed by atoms with Crippen LogP contribution in [0.25, 0.3) is 0 Å². The molecule has 0 atom stereocenters. The molecule has 0 spiro atoms. The summed E-state index contributed by atoms with van der Waals surface area (Å²) in [4.78, 5) is 9.95. The molecule has 5 nitrogen and oxygen atoms in total. The van der Waals surface area contributed by atoms with Gasteiger partial charge in [0.2, 0.25) is 0 Å². The second-order valence-corrected chi connectivity index (χ2v) is 4.74. The van der Waals surface area contributed by atoms with Gasteiger partial charge in [-0.05, 0) is 18.2 Å². The van der Waals surface area contributed by atoms with Crippen LogP contribution in [-0.4, -0.2) is 21.1 Å². The fraction of sp³-hybridized carbons (Fsp3) is 0.111. The highest BCUT2D eigenvalue weighted by molar-refractivity contribution is 7.90. The number of carbonyl (C=O) groups excluding carboxylic acids is 1. The first-order valence-corrected chi connectivity index (χ1v) is 5.72. The SMILES string of the molecule is CS(=O)(=O)c1cc(C#N)ccc1OC=O. The lowest BCUT2D eigenvalue weighted by atomic mass is 10.2. The monoisotopic (exact) mass is 225 g/mol. The van der Waals surface area contributed by atoms with Gasteiger partial charge >= 0.3 is 0 Å². The third-order valence-electron chi connectivity index (χ3n) is 1.65. The molecule has 0 aliphatic heterocycles. The molecule has 1 rings (SSSR count). The van der Waals surface area contributed by atoms with Crippen LogP contribution in [0.4, 0.5) is 0 Å². The van der Waals surface area contributed by atoms with Gasteiger partial charge in [-0.2, -0.15) is 5.26 Å². The van der Waals surface area contributed by atoms with E-state index in [4.69, 9.17) is 5.26 Å². The molecule has 15 heavy (non-hydrogen) atoms. The van der Waals surface area contributed by atoms with Crippen LogP contribution in [0.1, 0.15) is 5.56 Å². The first kappa shape index (κ1) is 11.2. The van der Waals surface area contributed by atoms with Crippen molar-refractivity contribution in [1.82, 2.24) is 0 Å². The first-order chi connectivity index (χ1) is 6.99. The summed E-state index contributed by atoms with van der Waals surface area (Å²) in [5.74, 6) is -0.0773. The summed E-state index contributed by atoms with van der Waals surface area (Å²) in [7, 11) is -3.52. The minimum absolute atomic E-state index is 0.0773. The van der Waals surface area contributed by atoms with Crippen LogP contribution in [-0.2, 0) is 14.6 Å². The van der Waals surface area contributed by atoms with E-state index in [1.54, 1.807) is 6.07 Å². The smallest absolute Gasteiger partial charge is 0.298 e. The Labute approximate surface area is 86.8 Å². The lowest BCUT2D eigenvalue weighted by Crippen LogP contribution is -2.02. The summed E-state index contributed by atoms with van der Waals surface area (Å²) >= 11 is 0. The fourth-order valence-electron chi connectivity index (χ4n) is 1.02. The maximum atomic E-state index is 11.3. The van der Waals surface area contributed by atoms with Crippen LogP contribution in [0.5, 0.6) is 5.75 Å². The molecule has 1 aromatic carbocycles. The zero-order chi connectivity index (χ0) is 11.5. The van der Waals surface area contributed by atoms with Gasteiger partial charge in [-0.1, -0.05) is 0 Å². The van der Waals surface area contributed by atoms with Gasteiger partial charge in [0.05, 0.1) is 11.6 Å². The zero-order valence-electron chi connectivity index (χ0n) is 7.80. The highest BCUT2D eigenvalue weighted by atomic mass is 32.2. The van der Waals surface area contributed by atoms with E-state index in [1.165, 1.54) is 12.1 Å². The Kier molecular flexibility index (Phi) is 3.07. The number of carbonyl (C=O) groups is 1. The topological polar surface area (TPSA) is 84.2 Å². The molecule has 0 aromatic heterocycles. The average molecular weight is 225 g/mol. The van der Waals surface area contributed by atoms with E-state index in [1.807, 2.05) is 0 Å². The van der Waals surface area contributed by atoms with Gasteiger partial charge in [-0.25, -0.2) is 8.42 Å². The Bertz CT molecular complexity index is 528. The minimum atomic E-state index is -3.52. The second kappa shape index (κ2) is 4.11. The predicted molar refractivity (Wildman–Crippen MR) is 51.0 cm³/mol. The normalized spacial score (nSPS) is 10.4. The van der Waals surface area contributed by atoms with Crippen LogP contribution in [0.15, 0.2) is 23.1 Å². The molecule has 78 valence electrons. The van der Waals surface area contributed by atoms with Gasteiger partial charge in [0, 0.05) is 6.26 Å². The number of nitrogens with zero attached hydrogens (tertiary/aromatic N) is 1. The molecule has 0 N–H and O–H groups in total. The highest BCUT2D eigenvalue weighted by Crippen LogP contribution is 2.24. The van der Waals surface area contributed by atoms with E-state index in [0.29, 0.717) is 0 Å². The van der Waals surface area contributed by atoms with Crippen molar-refractivity contribution in [2.45, 2.75) is 4.90 Å². The van der Waals surface area contributed by atoms with Crippen molar-refractivity contribution in [3.63, 3.8) is 0 Å². The summed E-state index contributed by atoms with van der Waals surface area (Å²) in [6.07, 6.45) is 0.973. The number of hydrogen-bond acceptors (Lipinski definition) is 5. The third kappa shape index (κ3) is 2.54. The molecule has 6 heteroatoms. The third-order valence-corrected chi connectivity index (χ3v) is 2.77. The van der Waals surface area contributed by atoms with Crippen LogP contribution in [0.2, 0.25) is 0 Å². The van der Waals surface area contributed by atoms with E-state index in [2.05, 4.69) is 4.74 Å². The number of ether oxygens (including phenoxy) is 1. The van der Waals surface area contributed by atoms with E-state index in [9.17, 15) is 13.2 Å². The summed E-state index contributed by atoms with van der Waals surface area (Å²) in [6.45, 7) is 0.135. The van der Waals surface area contributed by atoms with Crippen molar-refractivity contribution in [2.24, 2.45) is 0 Å². The largest absolute Gasteiger partial charge is 0.427 e. The van der Waals surface area contributed by atoms with Crippen molar-refractivity contribution in [2.75, 3.05) is 6.26 Å². The average Bonchev–Trinajstić information content (AvgIpc) is 2.17. The zero-order valence-corrected chi connectivity index (χ0v) is 8.61. The van der Waals surface area contributed by atoms with Gasteiger partial charge in [-0.15, -0.1) is 0 Å². The molecule has 0 aliphatic rings. The van der Waals surface area contributed by atoms with Crippen molar-refractivity contribution in [1.29, 1.82) is 5.26 Å². The molecule has 0 heterocycles. The van der Waals surface area contributed by atoms with E-state index < -0.39 is 9.84 Å². The molecular weight excluding hydrogens is 218 g/mol. The van der Waals surface area contributed by atoms with Crippen LogP contribution in [0.3, 0.4) is 0 Å². The Hall–Kier alpha value is -1.87. The first-order valence-electron chi connectivity index (χ1n) is 3.83. The van der Waals surface area contributed by atoms with Gasteiger partial charge in [0.25, 0.3) is 6.47 Å². The van der Waals surface area contributed by atoms with Crippen molar-refractivity contribution in [3.8, 4) is 11.8 Å². The lowest BCUT2D eigenvalue weighted by Gasteiger charge is -2.04. The number of nitriles is 1. The van der Waals surface area contributed by atoms with Gasteiger partial charge in [0.1, 0.15) is 10.6 Å². The highest BCUT2D eigenvalue weighted by Gasteiger charge is 2.15. The minimum Gasteiger partial charge on any atom is -0.427 e. The fourth-order valence-corrected chi connectivity index (χ4v) is 1.84. The van der Waals surface area contributed by atoms with Crippen molar-refractivity contribution < 1.29 is 17.9 Å². The molecule has 0 radical (unpaired) electrons. The van der Waals surface area contributed by atoms with E-state index >= 15 is 0 Å². The van der Waals surface area contributed by atoms with Crippen molar-refractivity contribution in [3.05, 3.63) is 23.8 Å². The molecule has 0 amide bonds. The molecular formula is C9H7NO4S. The maximum absolute atomic E-state index is 11.3. The van der Waals surface area contributed by atoms with E-state index in [0.717, 1.165) is 12.3 Å². The summed E-state index contributed by atoms with van der Waals surface area (Å²) in [5, 5.41) is 8.59. The Morgan fingerprint density at radius 2 is 2.13 bits per heavy atom. The van der Waals surface area contributed by atoms with Gasteiger partial charge in [0.15, 0.2) is 9.84 Å². The molecule has 0 fully saturated rings. The lowest BCUT2D eigenvalue weighted by molar-refractivity contribution is -0.120.